The zero-order valence-corrected chi connectivity index (χ0v) is 35.6. The standard InChI is InChI=1S/C46H52ClN7O6/c1-45(2)43(46(3,4)44(45)60-33-12-8-30(26-48)36(47)25-33)49-39(56)29-6-9-31(10-7-29)53-22-20-51(21-23-53)27-28-16-18-52(19-17-28)32-11-13-34-35(24-32)41(58)54(40(34)57)37-14-15-38(55)50(5)42(37)59/h6-13,24-25,28,37,43-44H,14-23,27H2,1-5H3,(H,49,56). The van der Waals surface area contributed by atoms with Gasteiger partial charge in [-0.05, 0) is 79.8 Å². The number of ether oxygens (including phenoxy) is 1. The van der Waals surface area contributed by atoms with Gasteiger partial charge in [0.05, 0.1) is 21.7 Å². The monoisotopic (exact) mass is 833 g/mol. The first-order valence-electron chi connectivity index (χ1n) is 20.9. The molecule has 1 saturated carbocycles. The number of rotatable bonds is 9. The highest BCUT2D eigenvalue weighted by atomic mass is 35.5. The number of fused-ring (bicyclic) bond motifs is 1. The lowest BCUT2D eigenvalue weighted by Crippen LogP contribution is -2.74. The zero-order valence-electron chi connectivity index (χ0n) is 34.9. The predicted octanol–water partition coefficient (Wildman–Crippen LogP) is 5.61. The molecule has 1 atom stereocenters. The first kappa shape index (κ1) is 41.3. The molecular formula is C46H52ClN7O6. The second-order valence-electron chi connectivity index (χ2n) is 18.1. The van der Waals surface area contributed by atoms with Crippen molar-refractivity contribution < 1.29 is 28.7 Å². The number of halogens is 1. The number of imide groups is 2. The maximum absolute atomic E-state index is 13.5. The van der Waals surface area contributed by atoms with E-state index in [0.717, 1.165) is 79.8 Å². The van der Waals surface area contributed by atoms with Crippen molar-refractivity contribution in [1.82, 2.24) is 20.0 Å². The van der Waals surface area contributed by atoms with Gasteiger partial charge in [-0.1, -0.05) is 39.3 Å². The summed E-state index contributed by atoms with van der Waals surface area (Å²) in [5, 5.41) is 12.9. The normalized spacial score (nSPS) is 24.2. The second-order valence-corrected chi connectivity index (χ2v) is 18.5. The number of hydrogen-bond acceptors (Lipinski definition) is 10. The second kappa shape index (κ2) is 15.9. The zero-order chi connectivity index (χ0) is 42.7. The lowest BCUT2D eigenvalue weighted by molar-refractivity contribution is -0.164. The van der Waals surface area contributed by atoms with Crippen molar-refractivity contribution in [3.05, 3.63) is 87.9 Å². The smallest absolute Gasteiger partial charge is 0.262 e. The van der Waals surface area contributed by atoms with Crippen LogP contribution in [0.4, 0.5) is 11.4 Å². The van der Waals surface area contributed by atoms with Gasteiger partial charge in [0.25, 0.3) is 23.6 Å². The van der Waals surface area contributed by atoms with Crippen molar-refractivity contribution in [1.29, 1.82) is 5.26 Å². The van der Waals surface area contributed by atoms with E-state index in [0.29, 0.717) is 38.9 Å². The molecule has 3 aromatic rings. The largest absolute Gasteiger partial charge is 0.489 e. The SMILES string of the molecule is CN1C(=O)CCC(N2C(=O)c3ccc(N4CCC(CN5CCN(c6ccc(C(=O)NC7C(C)(C)C(Oc8ccc(C#N)c(Cl)c8)C7(C)C)cc6)CC5)CC4)cc3C2=O)C1=O. The van der Waals surface area contributed by atoms with E-state index in [1.54, 1.807) is 30.3 Å². The summed E-state index contributed by atoms with van der Waals surface area (Å²) < 4.78 is 6.38. The molecule has 1 N–H and O–H groups in total. The highest BCUT2D eigenvalue weighted by Gasteiger charge is 2.64. The van der Waals surface area contributed by atoms with E-state index in [9.17, 15) is 29.2 Å². The molecule has 5 aliphatic rings. The molecule has 4 heterocycles. The number of piperazine rings is 1. The number of carbonyl (C=O) groups excluding carboxylic acids is 5. The quantitative estimate of drug-likeness (QED) is 0.270. The Hall–Kier alpha value is -5.45. The van der Waals surface area contributed by atoms with Gasteiger partial charge in [0.2, 0.25) is 5.91 Å². The molecule has 13 nitrogen and oxygen atoms in total. The molecule has 1 unspecified atom stereocenters. The third kappa shape index (κ3) is 7.38. The van der Waals surface area contributed by atoms with Crippen LogP contribution in [-0.2, 0) is 9.59 Å². The first-order chi connectivity index (χ1) is 28.6. The van der Waals surface area contributed by atoms with Crippen molar-refractivity contribution in [2.75, 3.05) is 62.7 Å². The average molecular weight is 834 g/mol. The van der Waals surface area contributed by atoms with E-state index >= 15 is 0 Å². The summed E-state index contributed by atoms with van der Waals surface area (Å²) >= 11 is 6.25. The molecule has 60 heavy (non-hydrogen) atoms. The number of benzene rings is 3. The van der Waals surface area contributed by atoms with Gasteiger partial charge in [0, 0.05) is 99.2 Å². The number of nitrogens with one attached hydrogen (secondary N) is 1. The molecule has 3 saturated heterocycles. The molecule has 4 aliphatic heterocycles. The minimum Gasteiger partial charge on any atom is -0.489 e. The lowest BCUT2D eigenvalue weighted by Gasteiger charge is -2.63. The van der Waals surface area contributed by atoms with Crippen molar-refractivity contribution in [3.63, 3.8) is 0 Å². The Morgan fingerprint density at radius 3 is 2.10 bits per heavy atom. The molecule has 0 bridgehead atoms. The number of likely N-dealkylation sites (tertiary alicyclic amines) is 1. The fourth-order valence-electron chi connectivity index (χ4n) is 10.4. The van der Waals surface area contributed by atoms with Crippen LogP contribution in [0.15, 0.2) is 60.7 Å². The van der Waals surface area contributed by atoms with Gasteiger partial charge < -0.3 is 19.9 Å². The van der Waals surface area contributed by atoms with E-state index < -0.39 is 23.8 Å². The van der Waals surface area contributed by atoms with E-state index in [-0.39, 0.29) is 47.6 Å². The Bertz CT molecular complexity index is 2260. The predicted molar refractivity (Wildman–Crippen MR) is 227 cm³/mol. The highest BCUT2D eigenvalue weighted by Crippen LogP contribution is 2.55. The van der Waals surface area contributed by atoms with Crippen molar-refractivity contribution in [2.24, 2.45) is 16.7 Å². The van der Waals surface area contributed by atoms with E-state index in [2.05, 4.69) is 53.8 Å². The summed E-state index contributed by atoms with van der Waals surface area (Å²) in [6.45, 7) is 14.8. The number of piperidine rings is 2. The van der Waals surface area contributed by atoms with Gasteiger partial charge in [0.15, 0.2) is 0 Å². The minimum absolute atomic E-state index is 0.116. The van der Waals surface area contributed by atoms with Gasteiger partial charge in [-0.25, -0.2) is 0 Å². The molecule has 1 aliphatic carbocycles. The maximum Gasteiger partial charge on any atom is 0.262 e. The lowest BCUT2D eigenvalue weighted by atomic mass is 9.49. The third-order valence-corrected chi connectivity index (χ3v) is 13.9. The number of anilines is 2. The van der Waals surface area contributed by atoms with Gasteiger partial charge in [0.1, 0.15) is 24.0 Å². The fraction of sp³-hybridized carbons (Fsp3) is 0.478. The van der Waals surface area contributed by atoms with Gasteiger partial charge in [-0.2, -0.15) is 5.26 Å². The molecule has 3 aromatic carbocycles. The van der Waals surface area contributed by atoms with Crippen LogP contribution in [0.1, 0.15) is 90.0 Å². The third-order valence-electron chi connectivity index (χ3n) is 13.6. The number of carbonyl (C=O) groups is 5. The average Bonchev–Trinajstić information content (AvgIpc) is 3.49. The molecule has 0 aromatic heterocycles. The van der Waals surface area contributed by atoms with Crippen LogP contribution in [0.25, 0.3) is 0 Å². The van der Waals surface area contributed by atoms with Crippen LogP contribution in [-0.4, -0.2) is 115 Å². The first-order valence-corrected chi connectivity index (χ1v) is 21.3. The van der Waals surface area contributed by atoms with E-state index in [4.69, 9.17) is 16.3 Å². The van der Waals surface area contributed by atoms with Gasteiger partial charge in [-0.15, -0.1) is 0 Å². The Morgan fingerprint density at radius 2 is 1.45 bits per heavy atom. The number of likely N-dealkylation sites (N-methyl/N-ethyl adjacent to an activating group) is 1. The number of hydrogen-bond donors (Lipinski definition) is 1. The summed E-state index contributed by atoms with van der Waals surface area (Å²) in [7, 11) is 1.39. The molecule has 4 fully saturated rings. The highest BCUT2D eigenvalue weighted by molar-refractivity contribution is 6.31. The Kier molecular flexibility index (Phi) is 10.9. The van der Waals surface area contributed by atoms with Crippen LogP contribution in [0, 0.1) is 28.1 Å². The van der Waals surface area contributed by atoms with Crippen LogP contribution in [0.3, 0.4) is 0 Å². The van der Waals surface area contributed by atoms with Crippen LogP contribution >= 0.6 is 11.6 Å². The maximum atomic E-state index is 13.5. The molecule has 5 amide bonds. The van der Waals surface area contributed by atoms with Crippen LogP contribution in [0.5, 0.6) is 5.75 Å². The van der Waals surface area contributed by atoms with Crippen molar-refractivity contribution in [2.45, 2.75) is 71.6 Å². The molecule has 8 rings (SSSR count). The number of nitriles is 1. The molecule has 314 valence electrons. The fourth-order valence-corrected chi connectivity index (χ4v) is 10.6. The number of amides is 5. The van der Waals surface area contributed by atoms with Crippen LogP contribution < -0.4 is 19.9 Å². The summed E-state index contributed by atoms with van der Waals surface area (Å²) in [6.07, 6.45) is 2.12. The van der Waals surface area contributed by atoms with E-state index in [1.165, 1.54) is 7.05 Å². The van der Waals surface area contributed by atoms with Gasteiger partial charge in [-0.3, -0.25) is 38.7 Å². The number of nitrogens with zero attached hydrogens (tertiary/aromatic N) is 6. The molecule has 0 spiro atoms. The summed E-state index contributed by atoms with van der Waals surface area (Å²) in [4.78, 5) is 74.3. The summed E-state index contributed by atoms with van der Waals surface area (Å²) in [6, 6.07) is 19.3. The van der Waals surface area contributed by atoms with Crippen molar-refractivity contribution in [3.8, 4) is 11.8 Å². The van der Waals surface area contributed by atoms with E-state index in [1.807, 2.05) is 30.3 Å². The van der Waals surface area contributed by atoms with Gasteiger partial charge >= 0.3 is 0 Å². The van der Waals surface area contributed by atoms with Crippen molar-refractivity contribution >= 4 is 52.5 Å². The Balaban J connectivity index is 0.791. The molecule has 14 heteroatoms. The Morgan fingerprint density at radius 1 is 0.817 bits per heavy atom. The summed E-state index contributed by atoms with van der Waals surface area (Å²) in [5.74, 6) is -0.738. The minimum atomic E-state index is -0.959. The van der Waals surface area contributed by atoms with Crippen LogP contribution in [0.2, 0.25) is 5.02 Å². The molecule has 0 radical (unpaired) electrons. The molecular weight excluding hydrogens is 782 g/mol. The summed E-state index contributed by atoms with van der Waals surface area (Å²) in [5.41, 5.74) is 2.93. The topological polar surface area (TPSA) is 147 Å². The Labute approximate surface area is 356 Å².